The second kappa shape index (κ2) is 6.78. The summed E-state index contributed by atoms with van der Waals surface area (Å²) in [5.74, 6) is 1.48. The molecule has 1 aromatic rings. The van der Waals surface area contributed by atoms with Gasteiger partial charge in [0.05, 0.1) is 20.1 Å². The molecule has 0 saturated heterocycles. The van der Waals surface area contributed by atoms with E-state index >= 15 is 0 Å². The molecule has 1 atom stereocenters. The summed E-state index contributed by atoms with van der Waals surface area (Å²) in [6.45, 7) is 7.96. The Morgan fingerprint density at radius 1 is 1.15 bits per heavy atom. The Kier molecular flexibility index (Phi) is 5.61. The topological polar surface area (TPSA) is 35.5 Å². The van der Waals surface area contributed by atoms with Gasteiger partial charge in [-0.25, -0.2) is 0 Å². The lowest BCUT2D eigenvalue weighted by molar-refractivity contribution is -0.128. The number of ketones is 1. The molecule has 0 aromatic heterocycles. The van der Waals surface area contributed by atoms with Crippen LogP contribution < -0.4 is 9.47 Å². The molecule has 0 amide bonds. The Labute approximate surface area is 122 Å². The van der Waals surface area contributed by atoms with Crippen LogP contribution in [0.25, 0.3) is 0 Å². The molecule has 20 heavy (non-hydrogen) atoms. The molecule has 1 aromatic carbocycles. The van der Waals surface area contributed by atoms with Crippen molar-refractivity contribution in [2.24, 2.45) is 5.41 Å². The van der Waals surface area contributed by atoms with Gasteiger partial charge in [-0.1, -0.05) is 40.2 Å². The molecule has 0 aliphatic heterocycles. The highest BCUT2D eigenvalue weighted by Crippen LogP contribution is 2.41. The van der Waals surface area contributed by atoms with Gasteiger partial charge < -0.3 is 9.47 Å². The lowest BCUT2D eigenvalue weighted by Gasteiger charge is -2.27. The number of benzene rings is 1. The fraction of sp³-hybridized carbons (Fsp3) is 0.588. The molecule has 1 rings (SSSR count). The Morgan fingerprint density at radius 2 is 1.65 bits per heavy atom. The summed E-state index contributed by atoms with van der Waals surface area (Å²) in [7, 11) is 3.26. The highest BCUT2D eigenvalue weighted by Gasteiger charge is 2.33. The van der Waals surface area contributed by atoms with E-state index in [0.717, 1.165) is 29.9 Å². The van der Waals surface area contributed by atoms with E-state index < -0.39 is 0 Å². The fourth-order valence-electron chi connectivity index (χ4n) is 2.44. The van der Waals surface area contributed by atoms with E-state index in [0.29, 0.717) is 0 Å². The molecule has 0 N–H and O–H groups in total. The normalized spacial score (nSPS) is 12.9. The van der Waals surface area contributed by atoms with Crippen molar-refractivity contribution in [3.8, 4) is 11.5 Å². The summed E-state index contributed by atoms with van der Waals surface area (Å²) < 4.78 is 10.9. The smallest absolute Gasteiger partial charge is 0.145 e. The van der Waals surface area contributed by atoms with E-state index in [-0.39, 0.29) is 17.1 Å². The van der Waals surface area contributed by atoms with Crippen LogP contribution in [-0.4, -0.2) is 20.0 Å². The molecule has 0 spiro atoms. The number of rotatable bonds is 6. The molecule has 0 radical (unpaired) electrons. The zero-order chi connectivity index (χ0) is 15.3. The SMILES string of the molecule is CCCC(C(=O)C(C)(C)C)c1c(OC)cccc1OC. The molecule has 0 aliphatic rings. The first-order valence-corrected chi connectivity index (χ1v) is 7.12. The van der Waals surface area contributed by atoms with Crippen LogP contribution in [0.3, 0.4) is 0 Å². The highest BCUT2D eigenvalue weighted by atomic mass is 16.5. The molecule has 0 bridgehead atoms. The van der Waals surface area contributed by atoms with Crippen LogP contribution in [0.2, 0.25) is 0 Å². The molecular weight excluding hydrogens is 252 g/mol. The van der Waals surface area contributed by atoms with Gasteiger partial charge in [0, 0.05) is 11.0 Å². The molecule has 1 unspecified atom stereocenters. The van der Waals surface area contributed by atoms with E-state index in [1.807, 2.05) is 39.0 Å². The molecular formula is C17H26O3. The van der Waals surface area contributed by atoms with Crippen LogP contribution in [0.1, 0.15) is 52.0 Å². The minimum absolute atomic E-state index is 0.189. The number of hydrogen-bond donors (Lipinski definition) is 0. The van der Waals surface area contributed by atoms with Gasteiger partial charge in [-0.05, 0) is 18.6 Å². The summed E-state index contributed by atoms with van der Waals surface area (Å²) in [6.07, 6.45) is 1.74. The Morgan fingerprint density at radius 3 is 2.00 bits per heavy atom. The lowest BCUT2D eigenvalue weighted by atomic mass is 9.77. The van der Waals surface area contributed by atoms with Crippen LogP contribution in [0.5, 0.6) is 11.5 Å². The van der Waals surface area contributed by atoms with Crippen LogP contribution in [-0.2, 0) is 4.79 Å². The summed E-state index contributed by atoms with van der Waals surface area (Å²) >= 11 is 0. The fourth-order valence-corrected chi connectivity index (χ4v) is 2.44. The first-order valence-electron chi connectivity index (χ1n) is 7.12. The van der Waals surface area contributed by atoms with E-state index in [1.165, 1.54) is 0 Å². The van der Waals surface area contributed by atoms with E-state index in [9.17, 15) is 4.79 Å². The molecule has 0 fully saturated rings. The predicted molar refractivity (Wildman–Crippen MR) is 81.7 cm³/mol. The number of Topliss-reactive ketones (excluding diaryl/α,β-unsaturated/α-hetero) is 1. The maximum absolute atomic E-state index is 12.8. The maximum atomic E-state index is 12.8. The van der Waals surface area contributed by atoms with Gasteiger partial charge in [0.25, 0.3) is 0 Å². The van der Waals surface area contributed by atoms with Crippen molar-refractivity contribution >= 4 is 5.78 Å². The third kappa shape index (κ3) is 3.53. The van der Waals surface area contributed by atoms with Gasteiger partial charge in [0.1, 0.15) is 17.3 Å². The largest absolute Gasteiger partial charge is 0.496 e. The van der Waals surface area contributed by atoms with Crippen LogP contribution in [0, 0.1) is 5.41 Å². The number of ether oxygens (including phenoxy) is 2. The quantitative estimate of drug-likeness (QED) is 0.782. The van der Waals surface area contributed by atoms with Crippen molar-refractivity contribution in [3.05, 3.63) is 23.8 Å². The van der Waals surface area contributed by atoms with Gasteiger partial charge >= 0.3 is 0 Å². The minimum atomic E-state index is -0.383. The molecule has 0 saturated carbocycles. The van der Waals surface area contributed by atoms with Gasteiger partial charge in [-0.2, -0.15) is 0 Å². The Balaban J connectivity index is 3.38. The summed E-state index contributed by atoms with van der Waals surface area (Å²) in [4.78, 5) is 12.8. The third-order valence-electron chi connectivity index (χ3n) is 3.45. The monoisotopic (exact) mass is 278 g/mol. The minimum Gasteiger partial charge on any atom is -0.496 e. The highest BCUT2D eigenvalue weighted by molar-refractivity contribution is 5.91. The van der Waals surface area contributed by atoms with Crippen LogP contribution in [0.4, 0.5) is 0 Å². The average molecular weight is 278 g/mol. The Bertz CT molecular complexity index is 436. The summed E-state index contributed by atoms with van der Waals surface area (Å²) in [6, 6.07) is 5.65. The van der Waals surface area contributed by atoms with E-state index in [1.54, 1.807) is 14.2 Å². The third-order valence-corrected chi connectivity index (χ3v) is 3.45. The zero-order valence-electron chi connectivity index (χ0n) is 13.4. The molecule has 3 nitrogen and oxygen atoms in total. The van der Waals surface area contributed by atoms with E-state index in [4.69, 9.17) is 9.47 Å². The van der Waals surface area contributed by atoms with Gasteiger partial charge in [-0.15, -0.1) is 0 Å². The lowest BCUT2D eigenvalue weighted by Crippen LogP contribution is -2.27. The number of carbonyl (C=O) groups excluding carboxylic acids is 1. The van der Waals surface area contributed by atoms with Gasteiger partial charge in [0.2, 0.25) is 0 Å². The molecule has 0 aliphatic carbocycles. The van der Waals surface area contributed by atoms with Gasteiger partial charge in [-0.3, -0.25) is 4.79 Å². The van der Waals surface area contributed by atoms with Crippen molar-refractivity contribution in [1.29, 1.82) is 0 Å². The molecule has 0 heterocycles. The number of carbonyl (C=O) groups is 1. The summed E-state index contributed by atoms with van der Waals surface area (Å²) in [5, 5.41) is 0. The van der Waals surface area contributed by atoms with E-state index in [2.05, 4.69) is 6.92 Å². The average Bonchev–Trinajstić information content (AvgIpc) is 2.42. The summed E-state index contributed by atoms with van der Waals surface area (Å²) in [5.41, 5.74) is 0.491. The standard InChI is InChI=1S/C17H26O3/c1-7-9-12(16(18)17(2,3)4)15-13(19-5)10-8-11-14(15)20-6/h8,10-12H,7,9H2,1-6H3. The van der Waals surface area contributed by atoms with Gasteiger partial charge in [0.15, 0.2) is 0 Å². The predicted octanol–water partition coefficient (Wildman–Crippen LogP) is 4.20. The number of hydrogen-bond acceptors (Lipinski definition) is 3. The zero-order valence-corrected chi connectivity index (χ0v) is 13.4. The second-order valence-corrected chi connectivity index (χ2v) is 6.03. The molecule has 112 valence electrons. The van der Waals surface area contributed by atoms with Crippen molar-refractivity contribution in [2.45, 2.75) is 46.5 Å². The molecule has 3 heteroatoms. The Hall–Kier alpha value is -1.51. The van der Waals surface area contributed by atoms with Crippen molar-refractivity contribution in [2.75, 3.05) is 14.2 Å². The van der Waals surface area contributed by atoms with Crippen molar-refractivity contribution in [3.63, 3.8) is 0 Å². The van der Waals surface area contributed by atoms with Crippen molar-refractivity contribution < 1.29 is 14.3 Å². The first-order chi connectivity index (χ1) is 9.36. The number of methoxy groups -OCH3 is 2. The van der Waals surface area contributed by atoms with Crippen molar-refractivity contribution in [1.82, 2.24) is 0 Å². The second-order valence-electron chi connectivity index (χ2n) is 6.03. The van der Waals surface area contributed by atoms with Crippen LogP contribution >= 0.6 is 0 Å². The van der Waals surface area contributed by atoms with Crippen LogP contribution in [0.15, 0.2) is 18.2 Å². The maximum Gasteiger partial charge on any atom is 0.145 e. The first kappa shape index (κ1) is 16.5.